The number of methoxy groups -OCH3 is 2. The number of H-pyrrole nitrogens is 1. The van der Waals surface area contributed by atoms with Crippen LogP contribution in [0, 0.1) is 0 Å². The van der Waals surface area contributed by atoms with Gasteiger partial charge in [-0.1, -0.05) is 13.8 Å². The maximum Gasteiger partial charge on any atom is 0.259 e. The molecule has 192 valence electrons. The topological polar surface area (TPSA) is 88.6 Å². The molecule has 2 amide bonds. The Bertz CT molecular complexity index is 1520. The summed E-state index contributed by atoms with van der Waals surface area (Å²) in [5.41, 5.74) is 3.97. The lowest BCUT2D eigenvalue weighted by molar-refractivity contribution is -0.122. The summed E-state index contributed by atoms with van der Waals surface area (Å²) in [7, 11) is 3.25. The van der Waals surface area contributed by atoms with Gasteiger partial charge in [0.25, 0.3) is 11.8 Å². The summed E-state index contributed by atoms with van der Waals surface area (Å²) in [6.07, 6.45) is 4.74. The van der Waals surface area contributed by atoms with Crippen LogP contribution in [0.4, 0.5) is 0 Å². The fourth-order valence-corrected chi connectivity index (χ4v) is 5.19. The van der Waals surface area contributed by atoms with Gasteiger partial charge in [-0.15, -0.1) is 0 Å². The number of aryl methyl sites for hydroxylation is 1. The molecular weight excluding hydrogens is 468 g/mol. The first-order valence-electron chi connectivity index (χ1n) is 12.6. The Morgan fingerprint density at radius 3 is 2.24 bits per heavy atom. The van der Waals surface area contributed by atoms with Crippen LogP contribution in [0.15, 0.2) is 48.8 Å². The van der Waals surface area contributed by atoms with Crippen LogP contribution < -0.4 is 14.8 Å². The van der Waals surface area contributed by atoms with Gasteiger partial charge in [-0.3, -0.25) is 14.9 Å². The van der Waals surface area contributed by atoms with Crippen LogP contribution in [0.2, 0.25) is 0 Å². The minimum Gasteiger partial charge on any atom is -0.497 e. The molecule has 0 radical (unpaired) electrons. The third-order valence-corrected chi connectivity index (χ3v) is 7.22. The van der Waals surface area contributed by atoms with Crippen molar-refractivity contribution in [3.63, 3.8) is 0 Å². The Balaban J connectivity index is 1.67. The Morgan fingerprint density at radius 2 is 1.54 bits per heavy atom. The Labute approximate surface area is 215 Å². The molecule has 2 aromatic carbocycles. The lowest BCUT2D eigenvalue weighted by Gasteiger charge is -2.18. The number of ether oxygens (including phenoxy) is 2. The average Bonchev–Trinajstić information content (AvgIpc) is 3.58. The van der Waals surface area contributed by atoms with E-state index in [0.717, 1.165) is 65.7 Å². The Kier molecular flexibility index (Phi) is 6.76. The van der Waals surface area contributed by atoms with Crippen LogP contribution in [0.1, 0.15) is 31.4 Å². The number of rotatable bonds is 10. The van der Waals surface area contributed by atoms with E-state index in [1.54, 1.807) is 20.4 Å². The molecule has 1 aliphatic heterocycles. The van der Waals surface area contributed by atoms with Gasteiger partial charge in [-0.05, 0) is 56.4 Å². The SMILES string of the molecule is CCN(CC)CCCn1cc(C2=C(c3c[nH]c4ccc(OC)cc34)C(=O)NC2=O)c2ccc(OC)cc21. The van der Waals surface area contributed by atoms with Crippen molar-refractivity contribution in [1.29, 1.82) is 0 Å². The highest BCUT2D eigenvalue weighted by atomic mass is 16.5. The zero-order valence-corrected chi connectivity index (χ0v) is 21.7. The molecule has 0 saturated heterocycles. The molecule has 0 unspecified atom stereocenters. The lowest BCUT2D eigenvalue weighted by Crippen LogP contribution is -2.24. The van der Waals surface area contributed by atoms with Gasteiger partial charge in [0.15, 0.2) is 0 Å². The summed E-state index contributed by atoms with van der Waals surface area (Å²) in [6.45, 7) is 8.12. The lowest BCUT2D eigenvalue weighted by atomic mass is 9.95. The average molecular weight is 501 g/mol. The van der Waals surface area contributed by atoms with Crippen LogP contribution in [0.5, 0.6) is 11.5 Å². The van der Waals surface area contributed by atoms with Crippen LogP contribution in [0.25, 0.3) is 33.0 Å². The second kappa shape index (κ2) is 10.1. The zero-order valence-electron chi connectivity index (χ0n) is 21.7. The van der Waals surface area contributed by atoms with E-state index in [2.05, 4.69) is 33.6 Å². The van der Waals surface area contributed by atoms with Gasteiger partial charge in [0.2, 0.25) is 0 Å². The molecule has 0 fully saturated rings. The number of fused-ring (bicyclic) bond motifs is 2. The van der Waals surface area contributed by atoms with E-state index >= 15 is 0 Å². The van der Waals surface area contributed by atoms with Crippen LogP contribution in [0.3, 0.4) is 0 Å². The summed E-state index contributed by atoms with van der Waals surface area (Å²) >= 11 is 0. The normalized spacial score (nSPS) is 13.9. The molecule has 3 heterocycles. The van der Waals surface area contributed by atoms with E-state index < -0.39 is 11.8 Å². The zero-order chi connectivity index (χ0) is 26.1. The smallest absolute Gasteiger partial charge is 0.259 e. The summed E-state index contributed by atoms with van der Waals surface area (Å²) in [4.78, 5) is 32.0. The fraction of sp³-hybridized carbons (Fsp3) is 0.310. The molecule has 0 aliphatic carbocycles. The van der Waals surface area contributed by atoms with Gasteiger partial charge < -0.3 is 23.9 Å². The van der Waals surface area contributed by atoms with E-state index in [0.29, 0.717) is 22.5 Å². The molecule has 5 rings (SSSR count). The molecule has 8 nitrogen and oxygen atoms in total. The van der Waals surface area contributed by atoms with Crippen LogP contribution in [-0.4, -0.2) is 60.1 Å². The molecule has 0 atom stereocenters. The van der Waals surface area contributed by atoms with Gasteiger partial charge in [0.1, 0.15) is 11.5 Å². The van der Waals surface area contributed by atoms with E-state index in [4.69, 9.17) is 9.47 Å². The van der Waals surface area contributed by atoms with Crippen molar-refractivity contribution in [2.24, 2.45) is 0 Å². The third kappa shape index (κ3) is 4.38. The molecule has 8 heteroatoms. The molecule has 1 aliphatic rings. The number of amides is 2. The summed E-state index contributed by atoms with van der Waals surface area (Å²) in [5.74, 6) is 0.624. The van der Waals surface area contributed by atoms with Gasteiger partial charge in [0.05, 0.1) is 30.9 Å². The minimum atomic E-state index is -0.403. The summed E-state index contributed by atoms with van der Waals surface area (Å²) in [6, 6.07) is 11.5. The van der Waals surface area contributed by atoms with Gasteiger partial charge >= 0.3 is 0 Å². The van der Waals surface area contributed by atoms with Crippen molar-refractivity contribution in [3.05, 3.63) is 59.9 Å². The molecule has 37 heavy (non-hydrogen) atoms. The first-order chi connectivity index (χ1) is 18.0. The highest BCUT2D eigenvalue weighted by molar-refractivity contribution is 6.50. The number of imide groups is 1. The first kappa shape index (κ1) is 24.6. The molecule has 4 aromatic rings. The molecule has 0 spiro atoms. The number of nitrogens with zero attached hydrogens (tertiary/aromatic N) is 2. The predicted molar refractivity (Wildman–Crippen MR) is 146 cm³/mol. The van der Waals surface area contributed by atoms with E-state index in [1.165, 1.54) is 0 Å². The highest BCUT2D eigenvalue weighted by Crippen LogP contribution is 2.39. The standard InChI is InChI=1S/C29H32N4O4/c1-5-32(6-2)12-7-13-33-17-23(20-10-8-19(37-4)15-25(20)33)27-26(28(34)31-29(27)35)22-16-30-24-11-9-18(36-3)14-21(22)24/h8-11,14-17,30H,5-7,12-13H2,1-4H3,(H,31,34,35). The Hall–Kier alpha value is -4.04. The monoisotopic (exact) mass is 500 g/mol. The molecular formula is C29H32N4O4. The largest absolute Gasteiger partial charge is 0.497 e. The van der Waals surface area contributed by atoms with Gasteiger partial charge in [-0.25, -0.2) is 0 Å². The van der Waals surface area contributed by atoms with Crippen molar-refractivity contribution >= 4 is 44.8 Å². The predicted octanol–water partition coefficient (Wildman–Crippen LogP) is 4.44. The number of hydrogen-bond donors (Lipinski definition) is 2. The number of hydrogen-bond acceptors (Lipinski definition) is 5. The molecule has 0 saturated carbocycles. The van der Waals surface area contributed by atoms with Crippen molar-refractivity contribution in [3.8, 4) is 11.5 Å². The van der Waals surface area contributed by atoms with Gasteiger partial charge in [0, 0.05) is 52.4 Å². The number of aromatic amines is 1. The number of carbonyl (C=O) groups excluding carboxylic acids is 2. The van der Waals surface area contributed by atoms with E-state index in [9.17, 15) is 9.59 Å². The summed E-state index contributed by atoms with van der Waals surface area (Å²) < 4.78 is 13.1. The van der Waals surface area contributed by atoms with Gasteiger partial charge in [-0.2, -0.15) is 0 Å². The maximum atomic E-state index is 13.2. The maximum absolute atomic E-state index is 13.2. The number of carbonyl (C=O) groups is 2. The number of benzene rings is 2. The highest BCUT2D eigenvalue weighted by Gasteiger charge is 2.35. The van der Waals surface area contributed by atoms with Crippen molar-refractivity contribution in [2.45, 2.75) is 26.8 Å². The van der Waals surface area contributed by atoms with Crippen LogP contribution in [-0.2, 0) is 16.1 Å². The molecule has 2 aromatic heterocycles. The second-order valence-electron chi connectivity index (χ2n) is 9.15. The summed E-state index contributed by atoms with van der Waals surface area (Å²) in [5, 5.41) is 4.25. The van der Waals surface area contributed by atoms with Crippen LogP contribution >= 0.6 is 0 Å². The van der Waals surface area contributed by atoms with Crippen molar-refractivity contribution < 1.29 is 19.1 Å². The third-order valence-electron chi connectivity index (χ3n) is 7.22. The van der Waals surface area contributed by atoms with Crippen molar-refractivity contribution in [2.75, 3.05) is 33.9 Å². The second-order valence-corrected chi connectivity index (χ2v) is 9.15. The molecule has 0 bridgehead atoms. The van der Waals surface area contributed by atoms with E-state index in [-0.39, 0.29) is 0 Å². The number of nitrogens with one attached hydrogen (secondary N) is 2. The fourth-order valence-electron chi connectivity index (χ4n) is 5.19. The van der Waals surface area contributed by atoms with Crippen molar-refractivity contribution in [1.82, 2.24) is 19.8 Å². The van der Waals surface area contributed by atoms with E-state index in [1.807, 2.05) is 42.6 Å². The molecule has 2 N–H and O–H groups in total. The Morgan fingerprint density at radius 1 is 0.865 bits per heavy atom. The first-order valence-corrected chi connectivity index (χ1v) is 12.6. The quantitative estimate of drug-likeness (QED) is 0.314. The minimum absolute atomic E-state index is 0.363. The number of aromatic nitrogens is 2.